The summed E-state index contributed by atoms with van der Waals surface area (Å²) < 4.78 is 0. The van der Waals surface area contributed by atoms with E-state index in [-0.39, 0.29) is 0 Å². The summed E-state index contributed by atoms with van der Waals surface area (Å²) in [5, 5.41) is 11.3. The topological polar surface area (TPSA) is 52.5 Å². The highest BCUT2D eigenvalue weighted by atomic mass is 16.3. The highest BCUT2D eigenvalue weighted by Gasteiger charge is 2.49. The maximum absolute atomic E-state index is 11.3. The van der Waals surface area contributed by atoms with Gasteiger partial charge in [0, 0.05) is 50.8 Å². The van der Waals surface area contributed by atoms with Crippen molar-refractivity contribution in [2.45, 2.75) is 50.3 Å². The number of anilines is 2. The fraction of sp³-hybridized carbons (Fsp3) is 0.500. The van der Waals surface area contributed by atoms with E-state index >= 15 is 0 Å². The first-order valence-electron chi connectivity index (χ1n) is 9.05. The van der Waals surface area contributed by atoms with E-state index in [0.717, 1.165) is 48.7 Å². The lowest BCUT2D eigenvalue weighted by atomic mass is 9.80. The summed E-state index contributed by atoms with van der Waals surface area (Å²) in [6.07, 6.45) is 3.66. The molecule has 5 heteroatoms. The average molecular weight is 338 g/mol. The minimum Gasteiger partial charge on any atom is -0.385 e. The lowest BCUT2D eigenvalue weighted by Gasteiger charge is -2.44. The Labute approximate surface area is 149 Å². The van der Waals surface area contributed by atoms with Crippen LogP contribution in [0, 0.1) is 6.92 Å². The molecule has 2 aliphatic rings. The van der Waals surface area contributed by atoms with Crippen LogP contribution in [0.5, 0.6) is 0 Å². The molecule has 0 aliphatic carbocycles. The van der Waals surface area contributed by atoms with Crippen LogP contribution in [0.1, 0.15) is 36.9 Å². The van der Waals surface area contributed by atoms with E-state index in [9.17, 15) is 5.11 Å². The molecule has 2 aliphatic heterocycles. The normalized spacial score (nSPS) is 28.2. The molecule has 2 saturated heterocycles. The van der Waals surface area contributed by atoms with Gasteiger partial charge in [0.1, 0.15) is 5.82 Å². The highest BCUT2D eigenvalue weighted by Crippen LogP contribution is 2.46. The summed E-state index contributed by atoms with van der Waals surface area (Å²) in [6, 6.07) is 12.7. The molecule has 1 aromatic heterocycles. The second-order valence-corrected chi connectivity index (χ2v) is 7.66. The lowest BCUT2D eigenvalue weighted by molar-refractivity contribution is -0.00336. The number of nitrogens with zero attached hydrogens (tertiary/aromatic N) is 4. The van der Waals surface area contributed by atoms with Crippen molar-refractivity contribution in [1.82, 2.24) is 9.97 Å². The maximum Gasteiger partial charge on any atom is 0.228 e. The number of aliphatic hydroxyl groups is 1. The van der Waals surface area contributed by atoms with Gasteiger partial charge >= 0.3 is 0 Å². The quantitative estimate of drug-likeness (QED) is 0.933. The number of hydrogen-bond acceptors (Lipinski definition) is 5. The number of benzene rings is 1. The zero-order valence-electron chi connectivity index (χ0n) is 15.2. The first-order chi connectivity index (χ1) is 12.0. The highest BCUT2D eigenvalue weighted by molar-refractivity contribution is 5.48. The maximum atomic E-state index is 11.3. The molecule has 1 N–H and O–H groups in total. The Morgan fingerprint density at radius 2 is 1.72 bits per heavy atom. The van der Waals surface area contributed by atoms with Crippen LogP contribution in [0.15, 0.2) is 36.4 Å². The van der Waals surface area contributed by atoms with Gasteiger partial charge in [0.2, 0.25) is 5.95 Å². The molecule has 5 nitrogen and oxygen atoms in total. The molecule has 2 fully saturated rings. The van der Waals surface area contributed by atoms with Gasteiger partial charge in [-0.15, -0.1) is 0 Å². The summed E-state index contributed by atoms with van der Waals surface area (Å²) in [5.74, 6) is 1.75. The number of aryl methyl sites for hydroxylation is 1. The smallest absolute Gasteiger partial charge is 0.228 e. The van der Waals surface area contributed by atoms with Gasteiger partial charge in [-0.1, -0.05) is 30.3 Å². The second kappa shape index (κ2) is 5.99. The molecule has 1 unspecified atom stereocenters. The van der Waals surface area contributed by atoms with Crippen LogP contribution in [0.4, 0.5) is 11.8 Å². The minimum absolute atomic E-state index is 0.292. The van der Waals surface area contributed by atoms with Gasteiger partial charge in [0.15, 0.2) is 0 Å². The van der Waals surface area contributed by atoms with Crippen molar-refractivity contribution in [3.63, 3.8) is 0 Å². The minimum atomic E-state index is -0.738. The number of hydrogen-bond donors (Lipinski definition) is 1. The Morgan fingerprint density at radius 3 is 2.32 bits per heavy atom. The van der Waals surface area contributed by atoms with E-state index in [1.54, 1.807) is 0 Å². The van der Waals surface area contributed by atoms with E-state index in [0.29, 0.717) is 12.1 Å². The molecule has 0 saturated carbocycles. The van der Waals surface area contributed by atoms with Crippen molar-refractivity contribution >= 4 is 11.8 Å². The van der Waals surface area contributed by atoms with Gasteiger partial charge in [-0.2, -0.15) is 4.98 Å². The Bertz CT molecular complexity index is 748. The standard InChI is InChI=1S/C20H26N4O/c1-14-11-18(23(2)3)22-19(21-14)24-16-9-10-17(24)13-20(25,12-16)15-7-5-4-6-8-15/h4-8,11,16-17,25H,9-10,12-13H2,1-3H3/t16-,17+,20?. The van der Waals surface area contributed by atoms with E-state index in [1.165, 1.54) is 0 Å². The van der Waals surface area contributed by atoms with Crippen LogP contribution >= 0.6 is 0 Å². The fourth-order valence-electron chi connectivity index (χ4n) is 4.42. The summed E-state index contributed by atoms with van der Waals surface area (Å²) in [6.45, 7) is 2.02. The van der Waals surface area contributed by atoms with Crippen LogP contribution in [0.3, 0.4) is 0 Å². The third kappa shape index (κ3) is 2.86. The molecule has 3 heterocycles. The molecule has 25 heavy (non-hydrogen) atoms. The molecule has 0 spiro atoms. The van der Waals surface area contributed by atoms with Crippen molar-refractivity contribution in [1.29, 1.82) is 0 Å². The van der Waals surface area contributed by atoms with Crippen molar-refractivity contribution in [3.8, 4) is 0 Å². The number of rotatable bonds is 3. The van der Waals surface area contributed by atoms with Crippen LogP contribution < -0.4 is 9.80 Å². The van der Waals surface area contributed by atoms with Crippen molar-refractivity contribution in [3.05, 3.63) is 47.7 Å². The molecule has 3 atom stereocenters. The van der Waals surface area contributed by atoms with Gasteiger partial charge in [-0.25, -0.2) is 4.98 Å². The molecule has 2 aromatic rings. The molecular weight excluding hydrogens is 312 g/mol. The molecule has 4 rings (SSSR count). The Balaban J connectivity index is 1.66. The van der Waals surface area contributed by atoms with E-state index in [4.69, 9.17) is 9.97 Å². The van der Waals surface area contributed by atoms with Gasteiger partial charge in [0.05, 0.1) is 5.60 Å². The van der Waals surface area contributed by atoms with Crippen molar-refractivity contribution < 1.29 is 5.11 Å². The predicted molar refractivity (Wildman–Crippen MR) is 100.0 cm³/mol. The Hall–Kier alpha value is -2.14. The zero-order chi connectivity index (χ0) is 17.6. The number of fused-ring (bicyclic) bond motifs is 2. The van der Waals surface area contributed by atoms with Gasteiger partial charge < -0.3 is 14.9 Å². The Morgan fingerprint density at radius 1 is 1.08 bits per heavy atom. The van der Waals surface area contributed by atoms with Gasteiger partial charge in [-0.05, 0) is 25.3 Å². The SMILES string of the molecule is Cc1cc(N(C)C)nc(N2[C@@H]3CC[C@H]2CC(O)(c2ccccc2)C3)n1. The van der Waals surface area contributed by atoms with Crippen molar-refractivity contribution in [2.75, 3.05) is 23.9 Å². The fourth-order valence-corrected chi connectivity index (χ4v) is 4.42. The van der Waals surface area contributed by atoms with Crippen LogP contribution in [-0.4, -0.2) is 41.3 Å². The first-order valence-corrected chi connectivity index (χ1v) is 9.05. The van der Waals surface area contributed by atoms with Gasteiger partial charge in [0.25, 0.3) is 0 Å². The summed E-state index contributed by atoms with van der Waals surface area (Å²) in [4.78, 5) is 13.9. The third-order valence-corrected chi connectivity index (χ3v) is 5.60. The summed E-state index contributed by atoms with van der Waals surface area (Å²) in [7, 11) is 4.01. The predicted octanol–water partition coefficient (Wildman–Crippen LogP) is 2.87. The molecule has 1 aromatic carbocycles. The van der Waals surface area contributed by atoms with Crippen molar-refractivity contribution in [2.24, 2.45) is 0 Å². The summed E-state index contributed by atoms with van der Waals surface area (Å²) in [5.41, 5.74) is 1.28. The molecule has 2 bridgehead atoms. The molecular formula is C20H26N4O. The zero-order valence-corrected chi connectivity index (χ0v) is 15.2. The van der Waals surface area contributed by atoms with Gasteiger partial charge in [-0.3, -0.25) is 0 Å². The largest absolute Gasteiger partial charge is 0.385 e. The third-order valence-electron chi connectivity index (χ3n) is 5.60. The molecule has 132 valence electrons. The van der Waals surface area contributed by atoms with E-state index in [2.05, 4.69) is 4.90 Å². The number of aromatic nitrogens is 2. The number of piperidine rings is 1. The second-order valence-electron chi connectivity index (χ2n) is 7.66. The van der Waals surface area contributed by atoms with Crippen LogP contribution in [-0.2, 0) is 5.60 Å². The van der Waals surface area contributed by atoms with Crippen LogP contribution in [0.25, 0.3) is 0 Å². The van der Waals surface area contributed by atoms with Crippen LogP contribution in [0.2, 0.25) is 0 Å². The summed E-state index contributed by atoms with van der Waals surface area (Å²) >= 11 is 0. The Kier molecular flexibility index (Phi) is 3.91. The molecule has 0 radical (unpaired) electrons. The molecule has 0 amide bonds. The average Bonchev–Trinajstić information content (AvgIpc) is 2.87. The van der Waals surface area contributed by atoms with E-state index < -0.39 is 5.60 Å². The lowest BCUT2D eigenvalue weighted by Crippen LogP contribution is -2.50. The first kappa shape index (κ1) is 16.3. The van der Waals surface area contributed by atoms with E-state index in [1.807, 2.05) is 62.3 Å². The monoisotopic (exact) mass is 338 g/mol.